The highest BCUT2D eigenvalue weighted by molar-refractivity contribution is 6.30. The van der Waals surface area contributed by atoms with E-state index in [0.717, 1.165) is 11.3 Å². The Bertz CT molecular complexity index is 787. The Morgan fingerprint density at radius 3 is 2.32 bits per heavy atom. The maximum absolute atomic E-state index is 13.2. The van der Waals surface area contributed by atoms with Crippen molar-refractivity contribution >= 4 is 29.3 Å². The Balaban J connectivity index is 1.76. The van der Waals surface area contributed by atoms with Crippen molar-refractivity contribution < 1.29 is 14.3 Å². The van der Waals surface area contributed by atoms with Gasteiger partial charge in [-0.25, -0.2) is 4.79 Å². The van der Waals surface area contributed by atoms with E-state index in [4.69, 9.17) is 16.3 Å². The lowest BCUT2D eigenvalue weighted by atomic mass is 10.0. The van der Waals surface area contributed by atoms with Gasteiger partial charge in [-0.1, -0.05) is 41.9 Å². The van der Waals surface area contributed by atoms with Crippen molar-refractivity contribution in [2.75, 3.05) is 24.6 Å². The highest BCUT2D eigenvalue weighted by Gasteiger charge is 2.31. The second-order valence-electron chi connectivity index (χ2n) is 6.82. The largest absolute Gasteiger partial charge is 0.450 e. The van der Waals surface area contributed by atoms with Crippen molar-refractivity contribution in [3.05, 3.63) is 65.2 Å². The summed E-state index contributed by atoms with van der Waals surface area (Å²) in [6.07, 6.45) is 1.47. The molecule has 1 aliphatic rings. The lowest BCUT2D eigenvalue weighted by Gasteiger charge is -2.38. The molecule has 6 heteroatoms. The first-order valence-corrected chi connectivity index (χ1v) is 9.99. The summed E-state index contributed by atoms with van der Waals surface area (Å²) >= 11 is 6.03. The zero-order valence-corrected chi connectivity index (χ0v) is 16.8. The van der Waals surface area contributed by atoms with Gasteiger partial charge in [-0.2, -0.15) is 0 Å². The van der Waals surface area contributed by atoms with Crippen LogP contribution in [0.2, 0.25) is 5.02 Å². The molecule has 1 aliphatic heterocycles. The summed E-state index contributed by atoms with van der Waals surface area (Å²) in [7, 11) is 0. The maximum atomic E-state index is 13.2. The number of carbonyl (C=O) groups is 2. The number of amides is 2. The number of carbonyl (C=O) groups excluding carboxylic acids is 2. The van der Waals surface area contributed by atoms with E-state index < -0.39 is 0 Å². The van der Waals surface area contributed by atoms with Gasteiger partial charge in [0.2, 0.25) is 5.91 Å². The summed E-state index contributed by atoms with van der Waals surface area (Å²) in [6, 6.07) is 17.1. The van der Waals surface area contributed by atoms with E-state index in [2.05, 4.69) is 0 Å². The monoisotopic (exact) mass is 400 g/mol. The van der Waals surface area contributed by atoms with Crippen LogP contribution >= 0.6 is 11.6 Å². The Hall–Kier alpha value is -2.53. The van der Waals surface area contributed by atoms with Crippen LogP contribution < -0.4 is 4.90 Å². The summed E-state index contributed by atoms with van der Waals surface area (Å²) in [5.41, 5.74) is 1.82. The molecule has 0 unspecified atom stereocenters. The standard InChI is InChI=1S/C22H25ClN2O3/c1-2-28-22(27)24-14-12-20(13-15-24)25(19-10-8-18(23)9-11-19)21(26)16-17-6-4-3-5-7-17/h3-11,20H,2,12-16H2,1H3. The molecule has 2 aromatic rings. The van der Waals surface area contributed by atoms with Crippen molar-refractivity contribution in [1.82, 2.24) is 4.90 Å². The molecule has 0 radical (unpaired) electrons. The second kappa shape index (κ2) is 9.60. The van der Waals surface area contributed by atoms with Crippen molar-refractivity contribution in [1.29, 1.82) is 0 Å². The maximum Gasteiger partial charge on any atom is 0.409 e. The Morgan fingerprint density at radius 1 is 1.07 bits per heavy atom. The number of ether oxygens (including phenoxy) is 1. The van der Waals surface area contributed by atoms with Gasteiger partial charge in [0.25, 0.3) is 0 Å². The Labute approximate surface area is 170 Å². The van der Waals surface area contributed by atoms with Crippen LogP contribution in [-0.2, 0) is 16.0 Å². The molecule has 0 saturated carbocycles. The average Bonchev–Trinajstić information content (AvgIpc) is 2.71. The zero-order valence-electron chi connectivity index (χ0n) is 16.0. The van der Waals surface area contributed by atoms with Crippen molar-refractivity contribution in [2.45, 2.75) is 32.2 Å². The number of rotatable bonds is 5. The third kappa shape index (κ3) is 5.04. The van der Waals surface area contributed by atoms with Crippen LogP contribution in [0.4, 0.5) is 10.5 Å². The van der Waals surface area contributed by atoms with Gasteiger partial charge in [-0.05, 0) is 49.6 Å². The molecule has 0 aromatic heterocycles. The van der Waals surface area contributed by atoms with Crippen LogP contribution in [-0.4, -0.2) is 42.6 Å². The Kier molecular flexibility index (Phi) is 6.93. The molecule has 0 spiro atoms. The molecular formula is C22H25ClN2O3. The highest BCUT2D eigenvalue weighted by Crippen LogP contribution is 2.26. The molecule has 1 saturated heterocycles. The minimum absolute atomic E-state index is 0.0306. The van der Waals surface area contributed by atoms with Crippen LogP contribution in [0.5, 0.6) is 0 Å². The average molecular weight is 401 g/mol. The summed E-state index contributed by atoms with van der Waals surface area (Å²) in [4.78, 5) is 28.7. The number of benzene rings is 2. The van der Waals surface area contributed by atoms with Crippen LogP contribution in [0.3, 0.4) is 0 Å². The number of likely N-dealkylation sites (tertiary alicyclic amines) is 1. The van der Waals surface area contributed by atoms with Crippen LogP contribution in [0.15, 0.2) is 54.6 Å². The molecule has 2 amide bonds. The van der Waals surface area contributed by atoms with Crippen molar-refractivity contribution in [2.24, 2.45) is 0 Å². The van der Waals surface area contributed by atoms with E-state index >= 15 is 0 Å². The molecular weight excluding hydrogens is 376 g/mol. The fraction of sp³-hybridized carbons (Fsp3) is 0.364. The van der Waals surface area contributed by atoms with Crippen molar-refractivity contribution in [3.8, 4) is 0 Å². The van der Waals surface area contributed by atoms with E-state index in [1.807, 2.05) is 47.4 Å². The van der Waals surface area contributed by atoms with E-state index in [0.29, 0.717) is 44.0 Å². The summed E-state index contributed by atoms with van der Waals surface area (Å²) in [5.74, 6) is 0.0445. The second-order valence-corrected chi connectivity index (χ2v) is 7.26. The van der Waals surface area contributed by atoms with E-state index in [9.17, 15) is 9.59 Å². The summed E-state index contributed by atoms with van der Waals surface area (Å²) in [5, 5.41) is 0.635. The first-order chi connectivity index (χ1) is 13.6. The third-order valence-electron chi connectivity index (χ3n) is 4.93. The van der Waals surface area contributed by atoms with E-state index in [-0.39, 0.29) is 18.0 Å². The molecule has 2 aromatic carbocycles. The molecule has 3 rings (SSSR count). The van der Waals surface area contributed by atoms with Gasteiger partial charge in [-0.3, -0.25) is 4.79 Å². The normalized spacial score (nSPS) is 14.6. The van der Waals surface area contributed by atoms with Crippen LogP contribution in [0.25, 0.3) is 0 Å². The minimum Gasteiger partial charge on any atom is -0.450 e. The molecule has 1 fully saturated rings. The smallest absolute Gasteiger partial charge is 0.409 e. The predicted octanol–water partition coefficient (Wildman–Crippen LogP) is 4.54. The number of hydrogen-bond acceptors (Lipinski definition) is 3. The lowest BCUT2D eigenvalue weighted by Crippen LogP contribution is -2.49. The van der Waals surface area contributed by atoms with E-state index in [1.165, 1.54) is 0 Å². The molecule has 0 aliphatic carbocycles. The molecule has 0 bridgehead atoms. The van der Waals surface area contributed by atoms with Gasteiger partial charge < -0.3 is 14.5 Å². The van der Waals surface area contributed by atoms with Gasteiger partial charge in [0.15, 0.2) is 0 Å². The zero-order chi connectivity index (χ0) is 19.9. The minimum atomic E-state index is -0.283. The van der Waals surface area contributed by atoms with Crippen molar-refractivity contribution in [3.63, 3.8) is 0 Å². The molecule has 148 valence electrons. The fourth-order valence-electron chi connectivity index (χ4n) is 3.54. The van der Waals surface area contributed by atoms with Crippen LogP contribution in [0.1, 0.15) is 25.3 Å². The van der Waals surface area contributed by atoms with E-state index in [1.54, 1.807) is 24.0 Å². The lowest BCUT2D eigenvalue weighted by molar-refractivity contribution is -0.118. The topological polar surface area (TPSA) is 49.9 Å². The summed E-state index contributed by atoms with van der Waals surface area (Å²) in [6.45, 7) is 3.32. The van der Waals surface area contributed by atoms with Gasteiger partial charge >= 0.3 is 6.09 Å². The van der Waals surface area contributed by atoms with Gasteiger partial charge in [0.05, 0.1) is 13.0 Å². The molecule has 28 heavy (non-hydrogen) atoms. The number of nitrogens with zero attached hydrogens (tertiary/aromatic N) is 2. The number of anilines is 1. The van der Waals surface area contributed by atoms with Gasteiger partial charge in [0, 0.05) is 29.8 Å². The predicted molar refractivity (Wildman–Crippen MR) is 111 cm³/mol. The SMILES string of the molecule is CCOC(=O)N1CCC(N(C(=O)Cc2ccccc2)c2ccc(Cl)cc2)CC1. The number of hydrogen-bond donors (Lipinski definition) is 0. The molecule has 1 heterocycles. The fourth-order valence-corrected chi connectivity index (χ4v) is 3.66. The number of piperidine rings is 1. The quantitative estimate of drug-likeness (QED) is 0.740. The Morgan fingerprint density at radius 2 is 1.71 bits per heavy atom. The molecule has 0 atom stereocenters. The van der Waals surface area contributed by atoms with Gasteiger partial charge in [0.1, 0.15) is 0 Å². The molecule has 0 N–H and O–H groups in total. The number of halogens is 1. The van der Waals surface area contributed by atoms with Gasteiger partial charge in [-0.15, -0.1) is 0 Å². The highest BCUT2D eigenvalue weighted by atomic mass is 35.5. The summed E-state index contributed by atoms with van der Waals surface area (Å²) < 4.78 is 5.09. The first-order valence-electron chi connectivity index (χ1n) is 9.61. The van der Waals surface area contributed by atoms with Crippen LogP contribution in [0, 0.1) is 0 Å². The molecule has 5 nitrogen and oxygen atoms in total. The first kappa shape index (κ1) is 20.2. The third-order valence-corrected chi connectivity index (χ3v) is 5.18.